The highest BCUT2D eigenvalue weighted by Gasteiger charge is 2.24. The number of nitrogens with one attached hydrogen (secondary N) is 1. The lowest BCUT2D eigenvalue weighted by Gasteiger charge is -2.21. The summed E-state index contributed by atoms with van der Waals surface area (Å²) in [4.78, 5) is 24.4. The molecule has 0 bridgehead atoms. The lowest BCUT2D eigenvalue weighted by molar-refractivity contribution is -0.137. The van der Waals surface area contributed by atoms with Crippen LogP contribution in [0, 0.1) is 12.7 Å². The van der Waals surface area contributed by atoms with Gasteiger partial charge in [-0.1, -0.05) is 11.3 Å². The molecule has 0 spiro atoms. The number of carbonyl (C=O) groups is 2. The SMILES string of the molecule is COc1ccc(C(CC(=O)O)NC(=O)C(C)n2cc(-c3ccc(F)c(C)c3)nn2)cc1OC. The number of aromatic nitrogens is 3. The van der Waals surface area contributed by atoms with E-state index in [9.17, 15) is 19.1 Å². The number of rotatable bonds is 9. The van der Waals surface area contributed by atoms with E-state index in [2.05, 4.69) is 15.6 Å². The zero-order chi connectivity index (χ0) is 24.1. The summed E-state index contributed by atoms with van der Waals surface area (Å²) in [6.07, 6.45) is 1.25. The van der Waals surface area contributed by atoms with E-state index in [1.807, 2.05) is 0 Å². The van der Waals surface area contributed by atoms with Crippen LogP contribution in [-0.2, 0) is 9.59 Å². The van der Waals surface area contributed by atoms with Gasteiger partial charge in [0.1, 0.15) is 17.6 Å². The summed E-state index contributed by atoms with van der Waals surface area (Å²) in [5.74, 6) is -0.928. The van der Waals surface area contributed by atoms with Crippen LogP contribution in [0.2, 0.25) is 0 Å². The first-order valence-electron chi connectivity index (χ1n) is 10.2. The van der Waals surface area contributed by atoms with Crippen molar-refractivity contribution in [1.82, 2.24) is 20.3 Å². The lowest BCUT2D eigenvalue weighted by atomic mass is 10.0. The first-order chi connectivity index (χ1) is 15.7. The molecule has 3 aromatic rings. The minimum atomic E-state index is -1.07. The highest BCUT2D eigenvalue weighted by Crippen LogP contribution is 2.31. The number of carboxylic acids is 1. The molecule has 0 radical (unpaired) electrons. The molecule has 0 aliphatic heterocycles. The second-order valence-corrected chi connectivity index (χ2v) is 7.50. The van der Waals surface area contributed by atoms with Gasteiger partial charge >= 0.3 is 5.97 Å². The van der Waals surface area contributed by atoms with E-state index < -0.39 is 24.0 Å². The summed E-state index contributed by atoms with van der Waals surface area (Å²) >= 11 is 0. The van der Waals surface area contributed by atoms with Crippen LogP contribution < -0.4 is 14.8 Å². The number of carbonyl (C=O) groups excluding carboxylic acids is 1. The molecule has 2 aromatic carbocycles. The van der Waals surface area contributed by atoms with Crippen molar-refractivity contribution in [2.75, 3.05) is 14.2 Å². The van der Waals surface area contributed by atoms with Crippen molar-refractivity contribution in [2.24, 2.45) is 0 Å². The van der Waals surface area contributed by atoms with E-state index in [1.54, 1.807) is 50.4 Å². The van der Waals surface area contributed by atoms with E-state index in [0.717, 1.165) is 0 Å². The molecular formula is C23H25FN4O5. The van der Waals surface area contributed by atoms with E-state index in [0.29, 0.717) is 33.9 Å². The molecule has 0 saturated heterocycles. The molecular weight excluding hydrogens is 431 g/mol. The van der Waals surface area contributed by atoms with Crippen molar-refractivity contribution in [3.05, 3.63) is 59.5 Å². The summed E-state index contributed by atoms with van der Waals surface area (Å²) in [5, 5.41) is 20.2. The van der Waals surface area contributed by atoms with Gasteiger partial charge in [-0.05, 0) is 55.3 Å². The van der Waals surface area contributed by atoms with Gasteiger partial charge in [0.15, 0.2) is 11.5 Å². The maximum absolute atomic E-state index is 13.5. The first kappa shape index (κ1) is 23.7. The number of nitrogens with zero attached hydrogens (tertiary/aromatic N) is 3. The molecule has 0 aliphatic rings. The highest BCUT2D eigenvalue weighted by atomic mass is 19.1. The molecule has 2 unspecified atom stereocenters. The number of amides is 1. The van der Waals surface area contributed by atoms with E-state index in [4.69, 9.17) is 9.47 Å². The third kappa shape index (κ3) is 5.46. The molecule has 0 aliphatic carbocycles. The fourth-order valence-electron chi connectivity index (χ4n) is 3.31. The lowest BCUT2D eigenvalue weighted by Crippen LogP contribution is -2.35. The Hall–Kier alpha value is -3.95. The second kappa shape index (κ2) is 10.1. The molecule has 1 heterocycles. The molecule has 2 atom stereocenters. The van der Waals surface area contributed by atoms with Gasteiger partial charge in [-0.3, -0.25) is 9.59 Å². The minimum Gasteiger partial charge on any atom is -0.493 e. The number of aliphatic carboxylic acids is 1. The number of methoxy groups -OCH3 is 2. The second-order valence-electron chi connectivity index (χ2n) is 7.50. The zero-order valence-corrected chi connectivity index (χ0v) is 18.7. The maximum Gasteiger partial charge on any atom is 0.305 e. The van der Waals surface area contributed by atoms with Crippen LogP contribution >= 0.6 is 0 Å². The van der Waals surface area contributed by atoms with Crippen molar-refractivity contribution < 1.29 is 28.6 Å². The molecule has 9 nitrogen and oxygen atoms in total. The van der Waals surface area contributed by atoms with Gasteiger partial charge < -0.3 is 19.9 Å². The summed E-state index contributed by atoms with van der Waals surface area (Å²) in [5.41, 5.74) is 2.18. The van der Waals surface area contributed by atoms with Crippen molar-refractivity contribution in [1.29, 1.82) is 0 Å². The minimum absolute atomic E-state index is 0.321. The van der Waals surface area contributed by atoms with Crippen LogP contribution in [0.15, 0.2) is 42.6 Å². The topological polar surface area (TPSA) is 116 Å². The van der Waals surface area contributed by atoms with Crippen LogP contribution in [0.4, 0.5) is 4.39 Å². The standard InChI is InChI=1S/C23H25FN4O5/c1-13-9-15(5-7-17(13)24)19-12-28(27-26-19)14(2)23(31)25-18(11-22(29)30)16-6-8-20(32-3)21(10-16)33-4/h5-10,12,14,18H,11H2,1-4H3,(H,25,31)(H,29,30). The maximum atomic E-state index is 13.5. The van der Waals surface area contributed by atoms with Crippen molar-refractivity contribution in [3.8, 4) is 22.8 Å². The van der Waals surface area contributed by atoms with Crippen molar-refractivity contribution in [3.63, 3.8) is 0 Å². The Balaban J connectivity index is 1.80. The smallest absolute Gasteiger partial charge is 0.305 e. The van der Waals surface area contributed by atoms with E-state index in [-0.39, 0.29) is 12.2 Å². The van der Waals surface area contributed by atoms with Crippen LogP contribution in [0.3, 0.4) is 0 Å². The molecule has 3 rings (SSSR count). The number of hydrogen-bond acceptors (Lipinski definition) is 6. The molecule has 174 valence electrons. The Labute approximate surface area is 190 Å². The van der Waals surface area contributed by atoms with Crippen LogP contribution in [-0.4, -0.2) is 46.2 Å². The fourth-order valence-corrected chi connectivity index (χ4v) is 3.31. The van der Waals surface area contributed by atoms with Gasteiger partial charge in [-0.15, -0.1) is 5.10 Å². The highest BCUT2D eigenvalue weighted by molar-refractivity contribution is 5.81. The van der Waals surface area contributed by atoms with Gasteiger partial charge in [0.2, 0.25) is 5.91 Å². The number of aryl methyl sites for hydroxylation is 1. The molecule has 33 heavy (non-hydrogen) atoms. The third-order valence-electron chi connectivity index (χ3n) is 5.25. The van der Waals surface area contributed by atoms with Crippen LogP contribution in [0.25, 0.3) is 11.3 Å². The monoisotopic (exact) mass is 456 g/mol. The predicted octanol–water partition coefficient (Wildman–Crippen LogP) is 3.30. The van der Waals surface area contributed by atoms with Crippen LogP contribution in [0.1, 0.15) is 36.6 Å². The predicted molar refractivity (Wildman–Crippen MR) is 118 cm³/mol. The number of benzene rings is 2. The Kier molecular flexibility index (Phi) is 7.27. The van der Waals surface area contributed by atoms with Crippen molar-refractivity contribution in [2.45, 2.75) is 32.4 Å². The van der Waals surface area contributed by atoms with E-state index in [1.165, 1.54) is 25.0 Å². The molecule has 0 saturated carbocycles. The van der Waals surface area contributed by atoms with Gasteiger partial charge in [0.05, 0.1) is 32.9 Å². The fraction of sp³-hybridized carbons (Fsp3) is 0.304. The Morgan fingerprint density at radius 1 is 1.15 bits per heavy atom. The van der Waals surface area contributed by atoms with Gasteiger partial charge in [-0.2, -0.15) is 0 Å². The number of hydrogen-bond donors (Lipinski definition) is 2. The summed E-state index contributed by atoms with van der Waals surface area (Å²) in [6.45, 7) is 3.27. The quantitative estimate of drug-likeness (QED) is 0.508. The van der Waals surface area contributed by atoms with Gasteiger partial charge in [-0.25, -0.2) is 9.07 Å². The Bertz CT molecular complexity index is 1160. The number of halogens is 1. The number of carboxylic acid groups (broad SMARTS) is 1. The molecule has 1 amide bonds. The average Bonchev–Trinajstić information content (AvgIpc) is 3.29. The Morgan fingerprint density at radius 2 is 1.88 bits per heavy atom. The van der Waals surface area contributed by atoms with Crippen LogP contribution in [0.5, 0.6) is 11.5 Å². The first-order valence-corrected chi connectivity index (χ1v) is 10.2. The average molecular weight is 456 g/mol. The molecule has 2 N–H and O–H groups in total. The normalized spacial score (nSPS) is 12.6. The summed E-state index contributed by atoms with van der Waals surface area (Å²) in [6, 6.07) is 7.94. The molecule has 1 aromatic heterocycles. The van der Waals surface area contributed by atoms with Gasteiger partial charge in [0, 0.05) is 5.56 Å². The summed E-state index contributed by atoms with van der Waals surface area (Å²) in [7, 11) is 2.97. The Morgan fingerprint density at radius 3 is 2.52 bits per heavy atom. The van der Waals surface area contributed by atoms with Crippen molar-refractivity contribution >= 4 is 11.9 Å². The van der Waals surface area contributed by atoms with Gasteiger partial charge in [0.25, 0.3) is 0 Å². The number of ether oxygens (including phenoxy) is 2. The van der Waals surface area contributed by atoms with E-state index >= 15 is 0 Å². The summed E-state index contributed by atoms with van der Waals surface area (Å²) < 4.78 is 25.4. The largest absolute Gasteiger partial charge is 0.493 e. The zero-order valence-electron chi connectivity index (χ0n) is 18.7. The molecule has 10 heteroatoms. The third-order valence-corrected chi connectivity index (χ3v) is 5.25. The molecule has 0 fully saturated rings.